The van der Waals surface area contributed by atoms with E-state index in [4.69, 9.17) is 9.47 Å². The van der Waals surface area contributed by atoms with E-state index in [9.17, 15) is 4.79 Å². The first-order valence-electron chi connectivity index (χ1n) is 6.67. The molecular weight excluding hydrogens is 240 g/mol. The Labute approximate surface area is 114 Å². The highest BCUT2D eigenvalue weighted by Gasteiger charge is 2.32. The molecule has 1 aliphatic rings. The summed E-state index contributed by atoms with van der Waals surface area (Å²) >= 11 is 0. The van der Waals surface area contributed by atoms with E-state index in [0.717, 1.165) is 18.6 Å². The molecule has 0 spiro atoms. The Bertz CT molecular complexity index is 474. The second-order valence-electron chi connectivity index (χ2n) is 5.26. The molecule has 102 valence electrons. The van der Waals surface area contributed by atoms with Crippen molar-refractivity contribution in [2.24, 2.45) is 5.92 Å². The Morgan fingerprint density at radius 2 is 1.84 bits per heavy atom. The van der Waals surface area contributed by atoms with E-state index in [0.29, 0.717) is 0 Å². The second kappa shape index (κ2) is 5.47. The van der Waals surface area contributed by atoms with Gasteiger partial charge in [-0.25, -0.2) is 4.79 Å². The van der Waals surface area contributed by atoms with Gasteiger partial charge in [0.2, 0.25) is 5.79 Å². The summed E-state index contributed by atoms with van der Waals surface area (Å²) in [5.74, 6) is -0.259. The molecule has 0 N–H and O–H groups in total. The molecule has 0 aliphatic carbocycles. The van der Waals surface area contributed by atoms with E-state index in [1.165, 1.54) is 11.6 Å². The number of allylic oxidation sites excluding steroid dienone is 1. The Morgan fingerprint density at radius 1 is 1.16 bits per heavy atom. The van der Waals surface area contributed by atoms with Crippen molar-refractivity contribution in [2.45, 2.75) is 39.4 Å². The van der Waals surface area contributed by atoms with Crippen molar-refractivity contribution >= 4 is 5.97 Å². The molecule has 2 rings (SSSR count). The third-order valence-corrected chi connectivity index (χ3v) is 3.19. The van der Waals surface area contributed by atoms with Crippen LogP contribution in [0.2, 0.25) is 0 Å². The number of benzene rings is 1. The van der Waals surface area contributed by atoms with E-state index in [2.05, 4.69) is 19.1 Å². The van der Waals surface area contributed by atoms with Crippen LogP contribution in [0.4, 0.5) is 0 Å². The quantitative estimate of drug-likeness (QED) is 0.778. The van der Waals surface area contributed by atoms with Gasteiger partial charge in [-0.2, -0.15) is 0 Å². The van der Waals surface area contributed by atoms with E-state index in [1.807, 2.05) is 18.2 Å². The molecule has 1 aromatic rings. The largest absolute Gasteiger partial charge is 0.457 e. The minimum Gasteiger partial charge on any atom is -0.457 e. The predicted molar refractivity (Wildman–Crippen MR) is 73.3 cm³/mol. The van der Waals surface area contributed by atoms with Gasteiger partial charge in [-0.3, -0.25) is 0 Å². The summed E-state index contributed by atoms with van der Waals surface area (Å²) in [4.78, 5) is 11.6. The molecule has 3 heteroatoms. The van der Waals surface area contributed by atoms with Gasteiger partial charge in [-0.05, 0) is 18.4 Å². The summed E-state index contributed by atoms with van der Waals surface area (Å²) in [6.07, 6.45) is 3.26. The van der Waals surface area contributed by atoms with Crippen LogP contribution in [-0.4, -0.2) is 11.8 Å². The van der Waals surface area contributed by atoms with Crippen LogP contribution < -0.4 is 0 Å². The summed E-state index contributed by atoms with van der Waals surface area (Å²) in [5, 5.41) is 0. The fourth-order valence-electron chi connectivity index (χ4n) is 2.27. The van der Waals surface area contributed by atoms with Crippen LogP contribution in [0.25, 0.3) is 0 Å². The first-order chi connectivity index (χ1) is 9.00. The summed E-state index contributed by atoms with van der Waals surface area (Å²) in [5.41, 5.74) is 1.25. The molecule has 0 saturated heterocycles. The minimum absolute atomic E-state index is 0.203. The molecule has 1 heterocycles. The van der Waals surface area contributed by atoms with Crippen LogP contribution in [0.5, 0.6) is 0 Å². The van der Waals surface area contributed by atoms with Gasteiger partial charge in [0.25, 0.3) is 0 Å². The lowest BCUT2D eigenvalue weighted by atomic mass is 9.94. The van der Waals surface area contributed by atoms with Crippen molar-refractivity contribution in [1.82, 2.24) is 0 Å². The third kappa shape index (κ3) is 3.60. The molecule has 0 amide bonds. The smallest absolute Gasteiger partial charge is 0.337 e. The number of rotatable bonds is 4. The third-order valence-electron chi connectivity index (χ3n) is 3.19. The van der Waals surface area contributed by atoms with E-state index in [-0.39, 0.29) is 11.9 Å². The van der Waals surface area contributed by atoms with Crippen molar-refractivity contribution in [1.29, 1.82) is 0 Å². The number of carbonyl (C=O) groups excluding carboxylic acids is 1. The monoisotopic (exact) mass is 260 g/mol. The van der Waals surface area contributed by atoms with Gasteiger partial charge in [0.15, 0.2) is 0 Å². The van der Waals surface area contributed by atoms with Gasteiger partial charge < -0.3 is 9.47 Å². The van der Waals surface area contributed by atoms with Gasteiger partial charge in [-0.15, -0.1) is 0 Å². The summed E-state index contributed by atoms with van der Waals surface area (Å²) < 4.78 is 10.9. The molecule has 0 saturated carbocycles. The van der Waals surface area contributed by atoms with Crippen molar-refractivity contribution < 1.29 is 14.3 Å². The maximum absolute atomic E-state index is 11.6. The number of esters is 1. The zero-order valence-corrected chi connectivity index (χ0v) is 11.7. The molecule has 3 nitrogen and oxygen atoms in total. The Balaban J connectivity index is 2.16. The van der Waals surface area contributed by atoms with Crippen LogP contribution in [-0.2, 0) is 20.7 Å². The molecular formula is C16H20O3. The summed E-state index contributed by atoms with van der Waals surface area (Å²) in [6, 6.07) is 10.2. The standard InChI is InChI=1S/C16H20O3/c1-4-13(10-12-8-6-5-7-9-12)14-11-15(17)19-16(2,3)18-14/h5-9,11,13H,4,10H2,1-3H3/t13-/m1/s1. The zero-order valence-electron chi connectivity index (χ0n) is 11.7. The van der Waals surface area contributed by atoms with Gasteiger partial charge in [0.05, 0.1) is 6.08 Å². The van der Waals surface area contributed by atoms with Crippen LogP contribution in [0, 0.1) is 5.92 Å². The van der Waals surface area contributed by atoms with Gasteiger partial charge in [0.1, 0.15) is 5.76 Å². The van der Waals surface area contributed by atoms with Gasteiger partial charge in [-0.1, -0.05) is 37.3 Å². The van der Waals surface area contributed by atoms with E-state index < -0.39 is 5.79 Å². The number of carbonyl (C=O) groups is 1. The van der Waals surface area contributed by atoms with Crippen LogP contribution in [0.3, 0.4) is 0 Å². The lowest BCUT2D eigenvalue weighted by Gasteiger charge is -2.33. The zero-order chi connectivity index (χ0) is 13.9. The van der Waals surface area contributed by atoms with Gasteiger partial charge in [0, 0.05) is 19.8 Å². The summed E-state index contributed by atoms with van der Waals surface area (Å²) in [6.45, 7) is 5.62. The predicted octanol–water partition coefficient (Wildman–Crippen LogP) is 3.45. The highest BCUT2D eigenvalue weighted by molar-refractivity contribution is 5.83. The molecule has 1 aromatic carbocycles. The molecule has 0 bridgehead atoms. The van der Waals surface area contributed by atoms with Crippen LogP contribution in [0.1, 0.15) is 32.8 Å². The van der Waals surface area contributed by atoms with Crippen molar-refractivity contribution in [3.8, 4) is 0 Å². The van der Waals surface area contributed by atoms with E-state index in [1.54, 1.807) is 13.8 Å². The molecule has 1 atom stereocenters. The fourth-order valence-corrected chi connectivity index (χ4v) is 2.27. The topological polar surface area (TPSA) is 35.5 Å². The molecule has 0 aromatic heterocycles. The molecule has 0 unspecified atom stereocenters. The molecule has 0 fully saturated rings. The number of ether oxygens (including phenoxy) is 2. The number of hydrogen-bond acceptors (Lipinski definition) is 3. The van der Waals surface area contributed by atoms with Crippen LogP contribution in [0.15, 0.2) is 42.2 Å². The number of cyclic esters (lactones) is 1. The van der Waals surface area contributed by atoms with E-state index >= 15 is 0 Å². The molecule has 0 radical (unpaired) electrons. The maximum atomic E-state index is 11.6. The molecule has 1 aliphatic heterocycles. The number of hydrogen-bond donors (Lipinski definition) is 0. The maximum Gasteiger partial charge on any atom is 0.337 e. The Hall–Kier alpha value is -1.77. The minimum atomic E-state index is -0.870. The first kappa shape index (κ1) is 13.7. The van der Waals surface area contributed by atoms with Crippen LogP contribution >= 0.6 is 0 Å². The average Bonchev–Trinajstić information content (AvgIpc) is 2.34. The van der Waals surface area contributed by atoms with Gasteiger partial charge >= 0.3 is 5.97 Å². The first-order valence-corrected chi connectivity index (χ1v) is 6.67. The SMILES string of the molecule is CC[C@H](Cc1ccccc1)C1=CC(=O)OC(C)(C)O1. The highest BCUT2D eigenvalue weighted by atomic mass is 16.7. The molecule has 19 heavy (non-hydrogen) atoms. The summed E-state index contributed by atoms with van der Waals surface area (Å²) in [7, 11) is 0. The fraction of sp³-hybridized carbons (Fsp3) is 0.438. The highest BCUT2D eigenvalue weighted by Crippen LogP contribution is 2.30. The Kier molecular flexibility index (Phi) is 3.93. The lowest BCUT2D eigenvalue weighted by molar-refractivity contribution is -0.208. The van der Waals surface area contributed by atoms with Crippen molar-refractivity contribution in [2.75, 3.05) is 0 Å². The average molecular weight is 260 g/mol. The van der Waals surface area contributed by atoms with Crippen molar-refractivity contribution in [3.05, 3.63) is 47.7 Å². The lowest BCUT2D eigenvalue weighted by Crippen LogP contribution is -2.36. The normalized spacial score (nSPS) is 19.1. The Morgan fingerprint density at radius 3 is 2.42 bits per heavy atom. The van der Waals surface area contributed by atoms with Crippen molar-refractivity contribution in [3.63, 3.8) is 0 Å². The second-order valence-corrected chi connectivity index (χ2v) is 5.26.